The van der Waals surface area contributed by atoms with Crippen LogP contribution in [0.1, 0.15) is 24.5 Å². The molecule has 3 rings (SSSR count). The molecule has 1 aliphatic heterocycles. The van der Waals surface area contributed by atoms with Gasteiger partial charge in [0.1, 0.15) is 12.7 Å². The fraction of sp³-hybridized carbons (Fsp3) is 0.381. The second kappa shape index (κ2) is 9.92. The molecule has 0 bridgehead atoms. The van der Waals surface area contributed by atoms with Crippen molar-refractivity contribution in [3.63, 3.8) is 0 Å². The number of hydrogen-bond donors (Lipinski definition) is 0. The molecule has 9 heteroatoms. The Labute approximate surface area is 176 Å². The van der Waals surface area contributed by atoms with Gasteiger partial charge in [0.15, 0.2) is 11.5 Å². The molecule has 162 valence electrons. The number of hydrogen-bond acceptors (Lipinski definition) is 8. The van der Waals surface area contributed by atoms with E-state index in [0.717, 1.165) is 11.1 Å². The highest BCUT2D eigenvalue weighted by atomic mass is 32.3. The van der Waals surface area contributed by atoms with Crippen molar-refractivity contribution in [2.24, 2.45) is 0 Å². The predicted octanol–water partition coefficient (Wildman–Crippen LogP) is 2.80. The molecule has 1 saturated heterocycles. The van der Waals surface area contributed by atoms with Gasteiger partial charge in [0, 0.05) is 0 Å². The third kappa shape index (κ3) is 5.50. The van der Waals surface area contributed by atoms with E-state index < -0.39 is 28.6 Å². The van der Waals surface area contributed by atoms with Gasteiger partial charge in [-0.05, 0) is 37.0 Å². The minimum absolute atomic E-state index is 0.110. The monoisotopic (exact) mass is 436 g/mol. The summed E-state index contributed by atoms with van der Waals surface area (Å²) in [6, 6.07) is 15.1. The van der Waals surface area contributed by atoms with Gasteiger partial charge in [-0.15, -0.1) is 0 Å². The number of benzene rings is 2. The molecule has 2 atom stereocenters. The Balaban J connectivity index is 1.74. The molecular weight excluding hydrogens is 412 g/mol. The molecule has 1 heterocycles. The quantitative estimate of drug-likeness (QED) is 0.554. The molecule has 1 aliphatic rings. The first-order valence-corrected chi connectivity index (χ1v) is 10.9. The van der Waals surface area contributed by atoms with Crippen molar-refractivity contribution >= 4 is 16.4 Å². The lowest BCUT2D eigenvalue weighted by Gasteiger charge is -2.17. The van der Waals surface area contributed by atoms with Crippen LogP contribution in [0.5, 0.6) is 11.5 Å². The number of para-hydroxylation sites is 1. The minimum Gasteiger partial charge on any atom is -0.493 e. The van der Waals surface area contributed by atoms with E-state index in [4.69, 9.17) is 22.6 Å². The Morgan fingerprint density at radius 2 is 1.83 bits per heavy atom. The maximum absolute atomic E-state index is 12.0. The van der Waals surface area contributed by atoms with Crippen LogP contribution in [-0.2, 0) is 41.3 Å². The van der Waals surface area contributed by atoms with Crippen molar-refractivity contribution in [2.75, 3.05) is 13.7 Å². The number of carbonyl (C=O) groups is 1. The number of esters is 1. The first-order chi connectivity index (χ1) is 14.4. The lowest BCUT2D eigenvalue weighted by Crippen LogP contribution is -2.33. The Morgan fingerprint density at radius 1 is 1.07 bits per heavy atom. The topological polar surface area (TPSA) is 97.4 Å². The van der Waals surface area contributed by atoms with Crippen molar-refractivity contribution < 1.29 is 35.8 Å². The summed E-state index contributed by atoms with van der Waals surface area (Å²) in [6.45, 7) is 2.08. The summed E-state index contributed by atoms with van der Waals surface area (Å²) in [5.41, 5.74) is 1.79. The zero-order valence-corrected chi connectivity index (χ0v) is 17.6. The molecule has 0 N–H and O–H groups in total. The van der Waals surface area contributed by atoms with E-state index >= 15 is 0 Å². The van der Waals surface area contributed by atoms with Crippen molar-refractivity contribution in [2.45, 2.75) is 38.6 Å². The zero-order valence-electron chi connectivity index (χ0n) is 16.8. The lowest BCUT2D eigenvalue weighted by molar-refractivity contribution is -0.152. The van der Waals surface area contributed by atoms with E-state index in [2.05, 4.69) is 0 Å². The van der Waals surface area contributed by atoms with Gasteiger partial charge < -0.3 is 14.2 Å². The Bertz CT molecular complexity index is 958. The van der Waals surface area contributed by atoms with Crippen molar-refractivity contribution in [1.82, 2.24) is 0 Å². The van der Waals surface area contributed by atoms with Gasteiger partial charge in [0.25, 0.3) is 0 Å². The van der Waals surface area contributed by atoms with Crippen molar-refractivity contribution in [3.8, 4) is 11.5 Å². The summed E-state index contributed by atoms with van der Waals surface area (Å²) in [5, 5.41) is 0. The maximum atomic E-state index is 12.0. The number of rotatable bonds is 9. The third-order valence-electron chi connectivity index (χ3n) is 4.52. The molecular formula is C21H24O8S. The summed E-state index contributed by atoms with van der Waals surface area (Å²) in [5.74, 6) is 0.342. The van der Waals surface area contributed by atoms with Crippen LogP contribution in [0.4, 0.5) is 0 Å². The molecule has 0 saturated carbocycles. The maximum Gasteiger partial charge on any atom is 0.401 e. The summed E-state index contributed by atoms with van der Waals surface area (Å²) in [4.78, 5) is 12.0. The van der Waals surface area contributed by atoms with E-state index in [-0.39, 0.29) is 13.0 Å². The standard InChI is InChI=1S/C21H24O8S/c1-3-26-21(22)20-18(28-30(23,24)29-20)13-12-16-10-7-11-17(25-2)19(16)27-14-15-8-5-4-6-9-15/h4-11,18,20H,3,12-14H2,1-2H3/t18-,20+/m1/s1. The molecule has 2 aromatic carbocycles. The average molecular weight is 436 g/mol. The van der Waals surface area contributed by atoms with Crippen LogP contribution in [-0.4, -0.2) is 40.3 Å². The normalized spacial score (nSPS) is 19.9. The highest BCUT2D eigenvalue weighted by Gasteiger charge is 2.45. The van der Waals surface area contributed by atoms with Gasteiger partial charge in [-0.25, -0.2) is 13.2 Å². The van der Waals surface area contributed by atoms with Crippen LogP contribution in [0.3, 0.4) is 0 Å². The molecule has 1 fully saturated rings. The number of aryl methyl sites for hydroxylation is 1. The third-order valence-corrected chi connectivity index (χ3v) is 5.45. The Morgan fingerprint density at radius 3 is 2.53 bits per heavy atom. The fourth-order valence-electron chi connectivity index (χ4n) is 3.14. The van der Waals surface area contributed by atoms with E-state index in [9.17, 15) is 13.2 Å². The summed E-state index contributed by atoms with van der Waals surface area (Å²) < 4.78 is 49.4. The van der Waals surface area contributed by atoms with E-state index in [1.54, 1.807) is 20.1 Å². The second-order valence-electron chi connectivity index (χ2n) is 6.57. The van der Waals surface area contributed by atoms with Gasteiger partial charge in [-0.2, -0.15) is 8.42 Å². The van der Waals surface area contributed by atoms with Crippen LogP contribution in [0.2, 0.25) is 0 Å². The first-order valence-electron chi connectivity index (χ1n) is 9.54. The van der Waals surface area contributed by atoms with E-state index in [1.807, 2.05) is 42.5 Å². The van der Waals surface area contributed by atoms with Gasteiger partial charge in [-0.1, -0.05) is 42.5 Å². The zero-order chi connectivity index (χ0) is 21.6. The highest BCUT2D eigenvalue weighted by Crippen LogP contribution is 2.34. The smallest absolute Gasteiger partial charge is 0.401 e. The SMILES string of the molecule is CCOC(=O)[C@H]1OS(=O)(=O)O[C@@H]1CCc1cccc(OC)c1OCc1ccccc1. The summed E-state index contributed by atoms with van der Waals surface area (Å²) >= 11 is 0. The minimum atomic E-state index is -4.24. The second-order valence-corrected chi connectivity index (χ2v) is 7.77. The summed E-state index contributed by atoms with van der Waals surface area (Å²) in [7, 11) is -2.69. The van der Waals surface area contributed by atoms with Crippen molar-refractivity contribution in [1.29, 1.82) is 0 Å². The molecule has 0 amide bonds. The molecule has 2 aromatic rings. The van der Waals surface area contributed by atoms with Crippen molar-refractivity contribution in [3.05, 3.63) is 59.7 Å². The van der Waals surface area contributed by atoms with Gasteiger partial charge >= 0.3 is 16.4 Å². The lowest BCUT2D eigenvalue weighted by atomic mass is 10.0. The van der Waals surface area contributed by atoms with Gasteiger partial charge in [-0.3, -0.25) is 0 Å². The Hall–Kier alpha value is -2.62. The molecule has 0 aromatic heterocycles. The number of ether oxygens (including phenoxy) is 3. The largest absolute Gasteiger partial charge is 0.493 e. The fourth-order valence-corrected chi connectivity index (χ4v) is 4.14. The summed E-state index contributed by atoms with van der Waals surface area (Å²) in [6.07, 6.45) is -1.73. The van der Waals surface area contributed by atoms with Crippen LogP contribution < -0.4 is 9.47 Å². The highest BCUT2D eigenvalue weighted by molar-refractivity contribution is 7.82. The molecule has 8 nitrogen and oxygen atoms in total. The van der Waals surface area contributed by atoms with E-state index in [0.29, 0.717) is 24.5 Å². The van der Waals surface area contributed by atoms with E-state index in [1.165, 1.54) is 0 Å². The van der Waals surface area contributed by atoms with Crippen LogP contribution in [0, 0.1) is 0 Å². The first kappa shape index (κ1) is 22.1. The van der Waals surface area contributed by atoms with Crippen LogP contribution in [0.25, 0.3) is 0 Å². The molecule has 0 unspecified atom stereocenters. The van der Waals surface area contributed by atoms with Crippen LogP contribution >= 0.6 is 0 Å². The average Bonchev–Trinajstić information content (AvgIpc) is 3.06. The number of carbonyl (C=O) groups excluding carboxylic acids is 1. The Kier molecular flexibility index (Phi) is 7.30. The molecule has 0 radical (unpaired) electrons. The predicted molar refractivity (Wildman–Crippen MR) is 107 cm³/mol. The molecule has 30 heavy (non-hydrogen) atoms. The van der Waals surface area contributed by atoms with Gasteiger partial charge in [0.2, 0.25) is 6.10 Å². The van der Waals surface area contributed by atoms with Gasteiger partial charge in [0.05, 0.1) is 13.7 Å². The molecule has 0 spiro atoms. The number of methoxy groups -OCH3 is 1. The van der Waals surface area contributed by atoms with Crippen LogP contribution in [0.15, 0.2) is 48.5 Å². The molecule has 0 aliphatic carbocycles.